The highest BCUT2D eigenvalue weighted by Crippen LogP contribution is 2.38. The van der Waals surface area contributed by atoms with Crippen LogP contribution in [-0.2, 0) is 0 Å². The van der Waals surface area contributed by atoms with Gasteiger partial charge in [-0.05, 0) is 31.5 Å². The Morgan fingerprint density at radius 1 is 0.920 bits per heavy atom. The maximum atomic E-state index is 11.5. The van der Waals surface area contributed by atoms with Crippen molar-refractivity contribution in [2.45, 2.75) is 13.8 Å². The van der Waals surface area contributed by atoms with E-state index in [2.05, 4.69) is 0 Å². The van der Waals surface area contributed by atoms with Crippen molar-refractivity contribution in [2.75, 3.05) is 5.73 Å². The van der Waals surface area contributed by atoms with Gasteiger partial charge in [-0.15, -0.1) is 0 Å². The third-order valence-electron chi connectivity index (χ3n) is 3.66. The summed E-state index contributed by atoms with van der Waals surface area (Å²) in [5.41, 5.74) is 4.75. The average Bonchev–Trinajstić information content (AvgIpc) is 2.53. The maximum Gasteiger partial charge on any atom is 0.303 e. The Bertz CT molecular complexity index is 936. The number of hydrogen-bond acceptors (Lipinski definition) is 7. The lowest BCUT2D eigenvalue weighted by Crippen LogP contribution is -2.06. The molecule has 0 amide bonds. The molecule has 0 radical (unpaired) electrons. The topological polar surface area (TPSA) is 146 Å². The van der Waals surface area contributed by atoms with E-state index in [1.807, 2.05) is 0 Å². The summed E-state index contributed by atoms with van der Waals surface area (Å²) >= 11 is 0. The molecule has 0 aliphatic carbocycles. The molecule has 128 valence electrons. The van der Waals surface area contributed by atoms with Crippen LogP contribution in [0.5, 0.6) is 0 Å². The molecular formula is C16H13N3O6. The molecule has 2 N–H and O–H groups in total. The number of rotatable bonds is 5. The van der Waals surface area contributed by atoms with Gasteiger partial charge in [0.1, 0.15) is 5.69 Å². The van der Waals surface area contributed by atoms with Crippen molar-refractivity contribution in [2.24, 2.45) is 0 Å². The normalized spacial score (nSPS) is 10.3. The van der Waals surface area contributed by atoms with Crippen LogP contribution in [0.4, 0.5) is 17.1 Å². The SMILES string of the molecule is CC(=O)c1ccc(-c2ccc(C(C)=O)c([N+](=O)[O-])c2N)cc1[N+](=O)[O-]. The lowest BCUT2D eigenvalue weighted by Gasteiger charge is -2.10. The number of anilines is 1. The van der Waals surface area contributed by atoms with Gasteiger partial charge in [-0.3, -0.25) is 29.8 Å². The van der Waals surface area contributed by atoms with Crippen molar-refractivity contribution in [3.8, 4) is 11.1 Å². The van der Waals surface area contributed by atoms with Crippen LogP contribution < -0.4 is 5.73 Å². The highest BCUT2D eigenvalue weighted by atomic mass is 16.6. The molecule has 0 saturated heterocycles. The minimum atomic E-state index is -0.770. The summed E-state index contributed by atoms with van der Waals surface area (Å²) < 4.78 is 0. The molecule has 0 saturated carbocycles. The van der Waals surface area contributed by atoms with Gasteiger partial charge in [-0.1, -0.05) is 12.1 Å². The van der Waals surface area contributed by atoms with Gasteiger partial charge in [0.25, 0.3) is 5.69 Å². The molecular weight excluding hydrogens is 330 g/mol. The first kappa shape index (κ1) is 17.7. The number of nitro benzene ring substituents is 2. The van der Waals surface area contributed by atoms with E-state index in [4.69, 9.17) is 5.73 Å². The number of nitro groups is 2. The van der Waals surface area contributed by atoms with E-state index in [1.165, 1.54) is 38.1 Å². The highest BCUT2D eigenvalue weighted by Gasteiger charge is 2.26. The van der Waals surface area contributed by atoms with Gasteiger partial charge >= 0.3 is 5.69 Å². The van der Waals surface area contributed by atoms with E-state index < -0.39 is 32.8 Å². The Hall–Kier alpha value is -3.62. The van der Waals surface area contributed by atoms with E-state index in [1.54, 1.807) is 0 Å². The third-order valence-corrected chi connectivity index (χ3v) is 3.66. The number of nitrogen functional groups attached to an aromatic ring is 1. The van der Waals surface area contributed by atoms with Crippen LogP contribution in [0.3, 0.4) is 0 Å². The summed E-state index contributed by atoms with van der Waals surface area (Å²) in [4.78, 5) is 44.0. The van der Waals surface area contributed by atoms with E-state index in [-0.39, 0.29) is 27.9 Å². The first-order chi connectivity index (χ1) is 11.6. The lowest BCUT2D eigenvalue weighted by molar-refractivity contribution is -0.385. The number of carbonyl (C=O) groups excluding carboxylic acids is 2. The van der Waals surface area contributed by atoms with E-state index in [0.29, 0.717) is 0 Å². The Morgan fingerprint density at radius 2 is 1.48 bits per heavy atom. The molecule has 25 heavy (non-hydrogen) atoms. The van der Waals surface area contributed by atoms with Crippen molar-refractivity contribution in [3.63, 3.8) is 0 Å². The van der Waals surface area contributed by atoms with Gasteiger partial charge in [-0.25, -0.2) is 0 Å². The minimum absolute atomic E-state index is 0.0813. The molecule has 0 unspecified atom stereocenters. The largest absolute Gasteiger partial charge is 0.393 e. The maximum absolute atomic E-state index is 11.5. The number of benzene rings is 2. The fourth-order valence-electron chi connectivity index (χ4n) is 2.49. The molecule has 9 nitrogen and oxygen atoms in total. The van der Waals surface area contributed by atoms with Crippen LogP contribution in [0.2, 0.25) is 0 Å². The summed E-state index contributed by atoms with van der Waals surface area (Å²) in [6.45, 7) is 2.37. The zero-order valence-electron chi connectivity index (χ0n) is 13.3. The molecule has 0 heterocycles. The summed E-state index contributed by atoms with van der Waals surface area (Å²) in [7, 11) is 0. The quantitative estimate of drug-likeness (QED) is 0.379. The number of nitrogens with zero attached hydrogens (tertiary/aromatic N) is 2. The van der Waals surface area contributed by atoms with Crippen molar-refractivity contribution >= 4 is 28.6 Å². The molecule has 0 fully saturated rings. The second-order valence-corrected chi connectivity index (χ2v) is 5.28. The van der Waals surface area contributed by atoms with Gasteiger partial charge in [0.15, 0.2) is 11.6 Å². The number of carbonyl (C=O) groups is 2. The number of Topliss-reactive ketones (excluding diaryl/α,β-unsaturated/α-hetero) is 2. The van der Waals surface area contributed by atoms with Crippen LogP contribution in [0.1, 0.15) is 34.6 Å². The van der Waals surface area contributed by atoms with Gasteiger partial charge in [0, 0.05) is 11.6 Å². The molecule has 0 spiro atoms. The Morgan fingerprint density at radius 3 is 1.96 bits per heavy atom. The summed E-state index contributed by atoms with van der Waals surface area (Å²) in [6.07, 6.45) is 0. The monoisotopic (exact) mass is 343 g/mol. The summed E-state index contributed by atoms with van der Waals surface area (Å²) in [6, 6.07) is 6.43. The van der Waals surface area contributed by atoms with Crippen molar-refractivity contribution in [3.05, 3.63) is 61.7 Å². The molecule has 0 atom stereocenters. The van der Waals surface area contributed by atoms with Crippen LogP contribution in [0.15, 0.2) is 30.3 Å². The van der Waals surface area contributed by atoms with Crippen LogP contribution in [0.25, 0.3) is 11.1 Å². The van der Waals surface area contributed by atoms with Gasteiger partial charge in [0.05, 0.1) is 21.0 Å². The lowest BCUT2D eigenvalue weighted by atomic mass is 9.96. The first-order valence-electron chi connectivity index (χ1n) is 7.02. The van der Waals surface area contributed by atoms with Crippen LogP contribution in [-0.4, -0.2) is 21.4 Å². The average molecular weight is 343 g/mol. The van der Waals surface area contributed by atoms with E-state index >= 15 is 0 Å². The Balaban J connectivity index is 2.75. The summed E-state index contributed by atoms with van der Waals surface area (Å²) in [5, 5.41) is 22.5. The molecule has 0 aromatic heterocycles. The predicted octanol–water partition coefficient (Wildman–Crippen LogP) is 3.16. The van der Waals surface area contributed by atoms with Crippen LogP contribution in [0, 0.1) is 20.2 Å². The fourth-order valence-corrected chi connectivity index (χ4v) is 2.49. The Labute approximate surface area is 141 Å². The fraction of sp³-hybridized carbons (Fsp3) is 0.125. The molecule has 2 rings (SSSR count). The zero-order chi connectivity index (χ0) is 18.9. The number of hydrogen-bond donors (Lipinski definition) is 1. The molecule has 0 aliphatic heterocycles. The minimum Gasteiger partial charge on any atom is -0.393 e. The van der Waals surface area contributed by atoms with Gasteiger partial charge in [-0.2, -0.15) is 0 Å². The smallest absolute Gasteiger partial charge is 0.303 e. The first-order valence-corrected chi connectivity index (χ1v) is 7.02. The molecule has 0 aliphatic rings. The second kappa shape index (κ2) is 6.48. The van der Waals surface area contributed by atoms with Gasteiger partial charge < -0.3 is 5.73 Å². The summed E-state index contributed by atoms with van der Waals surface area (Å²) in [5.74, 6) is -1.01. The Kier molecular flexibility index (Phi) is 4.59. The zero-order valence-corrected chi connectivity index (χ0v) is 13.3. The van der Waals surface area contributed by atoms with Crippen LogP contribution >= 0.6 is 0 Å². The molecule has 2 aromatic rings. The highest BCUT2D eigenvalue weighted by molar-refractivity contribution is 6.03. The van der Waals surface area contributed by atoms with Gasteiger partial charge in [0.2, 0.25) is 0 Å². The number of ketones is 2. The molecule has 2 aromatic carbocycles. The second-order valence-electron chi connectivity index (χ2n) is 5.28. The van der Waals surface area contributed by atoms with E-state index in [9.17, 15) is 29.8 Å². The molecule has 0 bridgehead atoms. The standard InChI is InChI=1S/C16H13N3O6/c1-8(20)11-4-3-10(7-14(11)18(22)23)13-6-5-12(9(2)21)16(15(13)17)19(24)25/h3-7H,17H2,1-2H3. The molecule has 9 heteroatoms. The number of nitrogens with two attached hydrogens (primary N) is 1. The van der Waals surface area contributed by atoms with Crippen molar-refractivity contribution in [1.29, 1.82) is 0 Å². The third kappa shape index (κ3) is 3.20. The predicted molar refractivity (Wildman–Crippen MR) is 89.6 cm³/mol. The van der Waals surface area contributed by atoms with Crippen molar-refractivity contribution < 1.29 is 19.4 Å². The van der Waals surface area contributed by atoms with E-state index in [0.717, 1.165) is 6.07 Å². The van der Waals surface area contributed by atoms with Crippen molar-refractivity contribution in [1.82, 2.24) is 0 Å².